The summed E-state index contributed by atoms with van der Waals surface area (Å²) < 4.78 is 0. The Balaban J connectivity index is 5.11. The Labute approximate surface area is 180 Å². The average Bonchev–Trinajstić information content (AvgIpc) is 2.67. The molecule has 0 aromatic rings. The van der Waals surface area contributed by atoms with E-state index in [4.69, 9.17) is 17.2 Å². The average molecular weight is 447 g/mol. The highest BCUT2D eigenvalue weighted by Crippen LogP contribution is 2.05. The van der Waals surface area contributed by atoms with Gasteiger partial charge in [-0.25, -0.2) is 4.79 Å². The molecule has 0 aliphatic rings. The third-order valence-electron chi connectivity index (χ3n) is 4.38. The molecule has 0 bridgehead atoms. The van der Waals surface area contributed by atoms with Crippen LogP contribution < -0.4 is 33.2 Å². The van der Waals surface area contributed by atoms with E-state index in [1.54, 1.807) is 13.8 Å². The Morgan fingerprint density at radius 3 is 1.94 bits per heavy atom. The second-order valence-electron chi connectivity index (χ2n) is 7.43. The zero-order chi connectivity index (χ0) is 24.1. The Hall–Kier alpha value is -2.77. The maximum Gasteiger partial charge on any atom is 0.326 e. The Morgan fingerprint density at radius 1 is 0.903 bits per heavy atom. The lowest BCUT2D eigenvalue weighted by molar-refractivity contribution is -0.142. The number of primary amides is 1. The van der Waals surface area contributed by atoms with Gasteiger partial charge in [0.25, 0.3) is 0 Å². The molecule has 0 aromatic carbocycles. The summed E-state index contributed by atoms with van der Waals surface area (Å²) in [5, 5.41) is 25.7. The molecular weight excluding hydrogens is 412 g/mol. The number of aliphatic carboxylic acids is 1. The molecule has 0 heterocycles. The van der Waals surface area contributed by atoms with E-state index in [1.807, 2.05) is 0 Å². The number of carboxylic acids is 1. The number of nitrogens with one attached hydrogen (secondary N) is 3. The van der Waals surface area contributed by atoms with Gasteiger partial charge in [0, 0.05) is 0 Å². The number of rotatable bonds is 15. The molecule has 13 nitrogen and oxygen atoms in total. The highest BCUT2D eigenvalue weighted by Gasteiger charge is 2.31. The fourth-order valence-electron chi connectivity index (χ4n) is 2.58. The summed E-state index contributed by atoms with van der Waals surface area (Å²) in [6, 6.07) is -5.04. The van der Waals surface area contributed by atoms with Gasteiger partial charge in [-0.05, 0) is 31.7 Å². The second kappa shape index (κ2) is 14.3. The van der Waals surface area contributed by atoms with Crippen molar-refractivity contribution >= 4 is 29.6 Å². The van der Waals surface area contributed by atoms with E-state index in [1.165, 1.54) is 0 Å². The van der Waals surface area contributed by atoms with Crippen LogP contribution >= 0.6 is 0 Å². The van der Waals surface area contributed by atoms with E-state index in [9.17, 15) is 34.2 Å². The second-order valence-corrected chi connectivity index (χ2v) is 7.43. The van der Waals surface area contributed by atoms with E-state index in [2.05, 4.69) is 16.0 Å². The van der Waals surface area contributed by atoms with Crippen LogP contribution in [0.25, 0.3) is 0 Å². The van der Waals surface area contributed by atoms with Crippen LogP contribution in [0.1, 0.15) is 39.5 Å². The molecule has 11 N–H and O–H groups in total. The topological polar surface area (TPSA) is 240 Å². The van der Waals surface area contributed by atoms with Gasteiger partial charge >= 0.3 is 5.97 Å². The van der Waals surface area contributed by atoms with Crippen LogP contribution in [0.4, 0.5) is 0 Å². The molecule has 0 fully saturated rings. The van der Waals surface area contributed by atoms with Crippen molar-refractivity contribution < 1.29 is 34.2 Å². The van der Waals surface area contributed by atoms with Gasteiger partial charge in [-0.1, -0.05) is 13.8 Å². The fourth-order valence-corrected chi connectivity index (χ4v) is 2.58. The third-order valence-corrected chi connectivity index (χ3v) is 4.38. The molecule has 178 valence electrons. The first-order valence-electron chi connectivity index (χ1n) is 9.93. The molecule has 0 aromatic heterocycles. The molecule has 4 unspecified atom stereocenters. The van der Waals surface area contributed by atoms with E-state index in [-0.39, 0.29) is 6.42 Å². The smallest absolute Gasteiger partial charge is 0.326 e. The number of unbranched alkanes of at least 4 members (excludes halogenated alkanes) is 1. The number of nitrogens with two attached hydrogens (primary N) is 3. The molecule has 0 spiro atoms. The van der Waals surface area contributed by atoms with Gasteiger partial charge in [-0.15, -0.1) is 0 Å². The van der Waals surface area contributed by atoms with Crippen molar-refractivity contribution in [2.45, 2.75) is 63.7 Å². The van der Waals surface area contributed by atoms with E-state index in [0.29, 0.717) is 19.4 Å². The molecule has 13 heteroatoms. The van der Waals surface area contributed by atoms with Gasteiger partial charge < -0.3 is 43.4 Å². The van der Waals surface area contributed by atoms with Crippen molar-refractivity contribution in [2.24, 2.45) is 23.1 Å². The number of hydrogen-bond acceptors (Lipinski definition) is 8. The first-order valence-corrected chi connectivity index (χ1v) is 9.93. The number of carboxylic acid groups (broad SMARTS) is 1. The van der Waals surface area contributed by atoms with Crippen molar-refractivity contribution in [3.05, 3.63) is 0 Å². The minimum absolute atomic E-state index is 0.132. The van der Waals surface area contributed by atoms with Crippen LogP contribution in [0.2, 0.25) is 0 Å². The Morgan fingerprint density at radius 2 is 1.48 bits per heavy atom. The van der Waals surface area contributed by atoms with E-state index in [0.717, 1.165) is 0 Å². The quantitative estimate of drug-likeness (QED) is 0.116. The van der Waals surface area contributed by atoms with Crippen molar-refractivity contribution in [1.29, 1.82) is 0 Å². The zero-order valence-electron chi connectivity index (χ0n) is 17.8. The minimum Gasteiger partial charge on any atom is -0.480 e. The van der Waals surface area contributed by atoms with Gasteiger partial charge in [0.2, 0.25) is 23.6 Å². The van der Waals surface area contributed by atoms with Crippen LogP contribution in [0.5, 0.6) is 0 Å². The summed E-state index contributed by atoms with van der Waals surface area (Å²) in [5.41, 5.74) is 15.9. The molecule has 0 saturated carbocycles. The van der Waals surface area contributed by atoms with Gasteiger partial charge in [0.1, 0.15) is 18.1 Å². The first-order chi connectivity index (χ1) is 14.4. The van der Waals surface area contributed by atoms with Gasteiger partial charge in [-0.3, -0.25) is 19.2 Å². The summed E-state index contributed by atoms with van der Waals surface area (Å²) in [4.78, 5) is 59.3. The van der Waals surface area contributed by atoms with E-state index < -0.39 is 72.7 Å². The Kier molecular flexibility index (Phi) is 13.0. The monoisotopic (exact) mass is 446 g/mol. The highest BCUT2D eigenvalue weighted by atomic mass is 16.4. The van der Waals surface area contributed by atoms with Crippen LogP contribution in [0, 0.1) is 5.92 Å². The van der Waals surface area contributed by atoms with Gasteiger partial charge in [-0.2, -0.15) is 0 Å². The van der Waals surface area contributed by atoms with Crippen LogP contribution in [0.15, 0.2) is 0 Å². The number of aliphatic hydroxyl groups is 1. The lowest BCUT2D eigenvalue weighted by atomic mass is 10.0. The SMILES string of the molecule is CC(C)C(NC(=O)C(N)CC(N)=O)C(=O)NC(CO)C(=O)NC(CCCCN)C(=O)O. The standard InChI is InChI=1S/C18H34N6O7/c1-9(2)14(24-15(27)10(20)7-13(21)26)17(29)23-12(8-25)16(28)22-11(18(30)31)5-3-4-6-19/h9-12,14,25H,3-8,19-20H2,1-2H3,(H2,21,26)(H,22,28)(H,23,29)(H,24,27)(H,30,31). The fraction of sp³-hybridized carbons (Fsp3) is 0.722. The largest absolute Gasteiger partial charge is 0.480 e. The third kappa shape index (κ3) is 10.7. The highest BCUT2D eigenvalue weighted by molar-refractivity contribution is 5.95. The molecule has 4 atom stereocenters. The summed E-state index contributed by atoms with van der Waals surface area (Å²) in [7, 11) is 0. The lowest BCUT2D eigenvalue weighted by Gasteiger charge is -2.26. The molecule has 0 rings (SSSR count). The van der Waals surface area contributed by atoms with Crippen LogP contribution in [-0.4, -0.2) is 77.1 Å². The zero-order valence-corrected chi connectivity index (χ0v) is 17.8. The van der Waals surface area contributed by atoms with Crippen molar-refractivity contribution in [1.82, 2.24) is 16.0 Å². The number of amides is 4. The minimum atomic E-state index is -1.44. The normalized spacial score (nSPS) is 14.8. The molecule has 0 aliphatic carbocycles. The van der Waals surface area contributed by atoms with E-state index >= 15 is 0 Å². The summed E-state index contributed by atoms with van der Waals surface area (Å²) in [5.74, 6) is -4.96. The lowest BCUT2D eigenvalue weighted by Crippen LogP contribution is -2.59. The van der Waals surface area contributed by atoms with Crippen LogP contribution in [0.3, 0.4) is 0 Å². The molecule has 4 amide bonds. The maximum atomic E-state index is 12.6. The van der Waals surface area contributed by atoms with Crippen molar-refractivity contribution in [3.63, 3.8) is 0 Å². The number of carbonyl (C=O) groups is 5. The predicted octanol–water partition coefficient (Wildman–Crippen LogP) is -3.49. The van der Waals surface area contributed by atoms with Crippen molar-refractivity contribution in [3.8, 4) is 0 Å². The molecule has 0 aliphatic heterocycles. The number of carbonyl (C=O) groups excluding carboxylic acids is 4. The number of hydrogen-bond donors (Lipinski definition) is 8. The number of aliphatic hydroxyl groups excluding tert-OH is 1. The summed E-state index contributed by atoms with van der Waals surface area (Å²) in [6.45, 7) is 2.82. The van der Waals surface area contributed by atoms with Crippen LogP contribution in [-0.2, 0) is 24.0 Å². The summed E-state index contributed by atoms with van der Waals surface area (Å²) in [6.07, 6.45) is 0.762. The first kappa shape index (κ1) is 28.2. The van der Waals surface area contributed by atoms with Gasteiger partial charge in [0.15, 0.2) is 0 Å². The maximum absolute atomic E-state index is 12.6. The van der Waals surface area contributed by atoms with Crippen molar-refractivity contribution in [2.75, 3.05) is 13.2 Å². The summed E-state index contributed by atoms with van der Waals surface area (Å²) >= 11 is 0. The predicted molar refractivity (Wildman–Crippen MR) is 110 cm³/mol. The molecule has 0 saturated heterocycles. The molecule has 0 radical (unpaired) electrons. The molecular formula is C18H34N6O7. The molecule has 31 heavy (non-hydrogen) atoms. The Bertz CT molecular complexity index is 643. The van der Waals surface area contributed by atoms with Gasteiger partial charge in [0.05, 0.1) is 19.1 Å².